The van der Waals surface area contributed by atoms with Gasteiger partial charge in [0.2, 0.25) is 0 Å². The maximum Gasteiger partial charge on any atom is 0.346 e. The Labute approximate surface area is 165 Å². The molecule has 0 bridgehead atoms. The normalized spacial score (nSPS) is 11.5. The van der Waals surface area contributed by atoms with E-state index in [1.807, 2.05) is 0 Å². The topological polar surface area (TPSA) is 135 Å². The fourth-order valence-corrected chi connectivity index (χ4v) is 3.93. The number of aryl methyl sites for hydroxylation is 1. The summed E-state index contributed by atoms with van der Waals surface area (Å²) in [4.78, 5) is 14.7. The number of sulfonamides is 1. The average Bonchev–Trinajstić information content (AvgIpc) is 3.35. The van der Waals surface area contributed by atoms with Gasteiger partial charge >= 0.3 is 5.82 Å². The molecule has 29 heavy (non-hydrogen) atoms. The minimum atomic E-state index is -3.95. The molecule has 3 aromatic heterocycles. The summed E-state index contributed by atoms with van der Waals surface area (Å²) in [6, 6.07) is 6.37. The number of H-pyrrole nitrogens is 1. The van der Waals surface area contributed by atoms with Crippen molar-refractivity contribution < 1.29 is 17.8 Å². The number of nitrogens with zero attached hydrogens (tertiary/aromatic N) is 5. The van der Waals surface area contributed by atoms with Gasteiger partial charge in [-0.3, -0.25) is 9.40 Å². The lowest BCUT2D eigenvalue weighted by Crippen LogP contribution is -2.32. The van der Waals surface area contributed by atoms with E-state index in [2.05, 4.69) is 25.1 Å². The molecule has 0 aliphatic carbocycles. The van der Waals surface area contributed by atoms with Gasteiger partial charge in [-0.15, -0.1) is 9.59 Å². The van der Waals surface area contributed by atoms with E-state index in [0.29, 0.717) is 17.1 Å². The Kier molecular flexibility index (Phi) is 4.47. The van der Waals surface area contributed by atoms with Crippen LogP contribution in [0.15, 0.2) is 59.1 Å². The number of benzene rings is 1. The Hall–Kier alpha value is -3.80. The van der Waals surface area contributed by atoms with Gasteiger partial charge in [0, 0.05) is 18.5 Å². The SMILES string of the molecule is COc1ccc2cnn(C)c2c1NS(=O)(=O)c1ccc(-[n+]2cc(N=O)c[nH]2)nc1. The Morgan fingerprint density at radius 3 is 2.72 bits per heavy atom. The molecule has 1 aromatic carbocycles. The number of rotatable bonds is 6. The Morgan fingerprint density at radius 1 is 1.24 bits per heavy atom. The van der Waals surface area contributed by atoms with Crippen LogP contribution in [0.1, 0.15) is 0 Å². The van der Waals surface area contributed by atoms with Crippen molar-refractivity contribution in [3.8, 4) is 11.6 Å². The summed E-state index contributed by atoms with van der Waals surface area (Å²) < 4.78 is 36.8. The number of anilines is 1. The monoisotopic (exact) mass is 414 g/mol. The molecule has 0 fully saturated rings. The van der Waals surface area contributed by atoms with Crippen molar-refractivity contribution in [2.24, 2.45) is 12.2 Å². The van der Waals surface area contributed by atoms with Crippen molar-refractivity contribution in [2.45, 2.75) is 4.90 Å². The highest BCUT2D eigenvalue weighted by molar-refractivity contribution is 7.92. The van der Waals surface area contributed by atoms with Crippen LogP contribution in [0.5, 0.6) is 5.75 Å². The molecule has 3 heterocycles. The molecule has 2 N–H and O–H groups in total. The van der Waals surface area contributed by atoms with Crippen LogP contribution >= 0.6 is 0 Å². The van der Waals surface area contributed by atoms with Crippen molar-refractivity contribution in [2.75, 3.05) is 11.8 Å². The van der Waals surface area contributed by atoms with E-state index < -0.39 is 10.0 Å². The zero-order valence-electron chi connectivity index (χ0n) is 15.4. The smallest absolute Gasteiger partial charge is 0.346 e. The van der Waals surface area contributed by atoms with Crippen LogP contribution < -0.4 is 14.1 Å². The van der Waals surface area contributed by atoms with Gasteiger partial charge in [-0.2, -0.15) is 5.10 Å². The zero-order valence-corrected chi connectivity index (χ0v) is 16.2. The maximum absolute atomic E-state index is 12.9. The largest absolute Gasteiger partial charge is 0.494 e. The van der Waals surface area contributed by atoms with E-state index in [1.165, 1.54) is 42.5 Å². The van der Waals surface area contributed by atoms with Crippen LogP contribution in [0.2, 0.25) is 0 Å². The third-order valence-electron chi connectivity index (χ3n) is 4.32. The summed E-state index contributed by atoms with van der Waals surface area (Å²) >= 11 is 0. The number of hydrogen-bond donors (Lipinski definition) is 2. The third-order valence-corrected chi connectivity index (χ3v) is 5.65. The number of ether oxygens (including phenoxy) is 1. The van der Waals surface area contributed by atoms with Crippen LogP contribution in [-0.2, 0) is 17.1 Å². The van der Waals surface area contributed by atoms with Crippen molar-refractivity contribution in [3.63, 3.8) is 0 Å². The fourth-order valence-electron chi connectivity index (χ4n) is 2.91. The molecule has 0 aliphatic heterocycles. The summed E-state index contributed by atoms with van der Waals surface area (Å²) in [5.41, 5.74) is 1.07. The molecule has 0 saturated carbocycles. The summed E-state index contributed by atoms with van der Waals surface area (Å²) in [6.07, 6.45) is 5.70. The third kappa shape index (κ3) is 3.29. The zero-order chi connectivity index (χ0) is 20.6. The van der Waals surface area contributed by atoms with Crippen LogP contribution in [0, 0.1) is 4.91 Å². The van der Waals surface area contributed by atoms with E-state index in [4.69, 9.17) is 4.74 Å². The number of nitroso groups, excluding NO2 is 1. The predicted molar refractivity (Wildman–Crippen MR) is 104 cm³/mol. The van der Waals surface area contributed by atoms with E-state index in [1.54, 1.807) is 30.1 Å². The number of aromatic nitrogens is 5. The van der Waals surface area contributed by atoms with E-state index in [0.717, 1.165) is 5.39 Å². The van der Waals surface area contributed by atoms with E-state index >= 15 is 0 Å². The molecule has 148 valence electrons. The first kappa shape index (κ1) is 18.6. The lowest BCUT2D eigenvalue weighted by atomic mass is 10.2. The molecule has 0 radical (unpaired) electrons. The molecule has 4 rings (SSSR count). The lowest BCUT2D eigenvalue weighted by Gasteiger charge is -2.13. The Morgan fingerprint density at radius 2 is 2.07 bits per heavy atom. The van der Waals surface area contributed by atoms with Gasteiger partial charge in [0.1, 0.15) is 22.5 Å². The number of aromatic amines is 1. The van der Waals surface area contributed by atoms with Gasteiger partial charge < -0.3 is 4.74 Å². The van der Waals surface area contributed by atoms with Crippen LogP contribution in [0.3, 0.4) is 0 Å². The molecular formula is C17H16N7O4S+. The summed E-state index contributed by atoms with van der Waals surface area (Å²) in [5.74, 6) is 0.759. The van der Waals surface area contributed by atoms with Crippen LogP contribution in [0.4, 0.5) is 11.4 Å². The molecule has 0 spiro atoms. The van der Waals surface area contributed by atoms with E-state index in [-0.39, 0.29) is 16.3 Å². The number of pyridine rings is 1. The first-order valence-electron chi connectivity index (χ1n) is 8.34. The molecule has 0 unspecified atom stereocenters. The molecule has 12 heteroatoms. The van der Waals surface area contributed by atoms with Crippen molar-refractivity contribution in [3.05, 3.63) is 54.0 Å². The van der Waals surface area contributed by atoms with Crippen molar-refractivity contribution >= 4 is 32.3 Å². The summed E-state index contributed by atoms with van der Waals surface area (Å²) in [6.45, 7) is 0. The van der Waals surface area contributed by atoms with Gasteiger partial charge in [0.05, 0.1) is 25.0 Å². The highest BCUT2D eigenvalue weighted by Gasteiger charge is 2.23. The number of hydrogen-bond acceptors (Lipinski definition) is 7. The quantitative estimate of drug-likeness (QED) is 0.365. The number of fused-ring (bicyclic) bond motifs is 1. The van der Waals surface area contributed by atoms with E-state index in [9.17, 15) is 13.3 Å². The molecule has 11 nitrogen and oxygen atoms in total. The highest BCUT2D eigenvalue weighted by atomic mass is 32.2. The molecule has 0 saturated heterocycles. The number of methoxy groups -OCH3 is 1. The van der Waals surface area contributed by atoms with Gasteiger partial charge in [-0.05, 0) is 28.4 Å². The predicted octanol–water partition coefficient (Wildman–Crippen LogP) is 1.78. The Balaban J connectivity index is 1.70. The first-order chi connectivity index (χ1) is 13.9. The van der Waals surface area contributed by atoms with Gasteiger partial charge in [0.25, 0.3) is 10.0 Å². The minimum Gasteiger partial charge on any atom is -0.494 e. The van der Waals surface area contributed by atoms with Gasteiger partial charge in [0.15, 0.2) is 11.9 Å². The molecule has 0 amide bonds. The fraction of sp³-hybridized carbons (Fsp3) is 0.118. The Bertz CT molecular complexity index is 1310. The van der Waals surface area contributed by atoms with Gasteiger partial charge in [-0.25, -0.2) is 13.5 Å². The average molecular weight is 414 g/mol. The highest BCUT2D eigenvalue weighted by Crippen LogP contribution is 2.34. The second-order valence-electron chi connectivity index (χ2n) is 6.10. The van der Waals surface area contributed by atoms with Gasteiger partial charge in [-0.1, -0.05) is 0 Å². The van der Waals surface area contributed by atoms with Crippen LogP contribution in [0.25, 0.3) is 16.7 Å². The summed E-state index contributed by atoms with van der Waals surface area (Å²) in [5, 5.41) is 10.5. The molecule has 0 atom stereocenters. The summed E-state index contributed by atoms with van der Waals surface area (Å²) in [7, 11) is -0.778. The number of nitrogens with one attached hydrogen (secondary N) is 2. The van der Waals surface area contributed by atoms with Crippen molar-refractivity contribution in [1.29, 1.82) is 0 Å². The van der Waals surface area contributed by atoms with Crippen LogP contribution in [-0.4, -0.2) is 35.4 Å². The maximum atomic E-state index is 12.9. The second-order valence-corrected chi connectivity index (χ2v) is 7.78. The minimum absolute atomic E-state index is 0.0385. The molecular weight excluding hydrogens is 398 g/mol. The molecule has 0 aliphatic rings. The standard InChI is InChI=1S/C17H15N7O4S/c1-23-17-11(7-19-23)3-5-14(28-2)16(17)22-29(26,27)13-4-6-15(18-9-13)24-10-12(21-25)8-20-24/h3-10,22H,1-2H3/p+1. The van der Waals surface area contributed by atoms with Crippen molar-refractivity contribution in [1.82, 2.24) is 19.9 Å². The molecule has 4 aromatic rings. The lowest BCUT2D eigenvalue weighted by molar-refractivity contribution is -0.658. The first-order valence-corrected chi connectivity index (χ1v) is 9.82. The second kappa shape index (κ2) is 6.98.